The van der Waals surface area contributed by atoms with Crippen molar-refractivity contribution in [3.05, 3.63) is 42.2 Å². The highest BCUT2D eigenvalue weighted by atomic mass is 16.5. The van der Waals surface area contributed by atoms with Gasteiger partial charge in [-0.05, 0) is 12.5 Å². The van der Waals surface area contributed by atoms with Crippen LogP contribution in [0.2, 0.25) is 0 Å². The number of anilines is 1. The van der Waals surface area contributed by atoms with Crippen molar-refractivity contribution in [3.8, 4) is 5.88 Å². The van der Waals surface area contributed by atoms with Crippen LogP contribution in [0.3, 0.4) is 0 Å². The molecule has 0 saturated carbocycles. The first kappa shape index (κ1) is 15.7. The fourth-order valence-electron chi connectivity index (χ4n) is 2.25. The summed E-state index contributed by atoms with van der Waals surface area (Å²) in [5, 5.41) is 0. The van der Waals surface area contributed by atoms with Gasteiger partial charge in [0.2, 0.25) is 11.8 Å². The number of imidazole rings is 1. The van der Waals surface area contributed by atoms with E-state index in [1.165, 1.54) is 6.33 Å². The van der Waals surface area contributed by atoms with Gasteiger partial charge in [0.15, 0.2) is 11.2 Å². The topological polar surface area (TPSA) is 105 Å². The van der Waals surface area contributed by atoms with Gasteiger partial charge >= 0.3 is 5.97 Å². The number of hydrogen-bond donors (Lipinski definition) is 1. The molecule has 0 atom stereocenters. The summed E-state index contributed by atoms with van der Waals surface area (Å²) in [7, 11) is 0. The highest BCUT2D eigenvalue weighted by Gasteiger charge is 2.16. The Morgan fingerprint density at radius 2 is 2.04 bits per heavy atom. The van der Waals surface area contributed by atoms with Crippen LogP contribution in [0.15, 0.2) is 36.7 Å². The Bertz CT molecular complexity index is 848. The van der Waals surface area contributed by atoms with Crippen molar-refractivity contribution < 1.29 is 14.3 Å². The van der Waals surface area contributed by atoms with Gasteiger partial charge in [0, 0.05) is 0 Å². The molecule has 0 aliphatic carbocycles. The van der Waals surface area contributed by atoms with E-state index in [1.54, 1.807) is 11.5 Å². The van der Waals surface area contributed by atoms with Crippen molar-refractivity contribution in [3.63, 3.8) is 0 Å². The molecule has 0 amide bonds. The smallest absolute Gasteiger partial charge is 0.326 e. The number of aromatic nitrogens is 4. The molecule has 124 valence electrons. The number of rotatable bonds is 6. The molecule has 1 aromatic carbocycles. The van der Waals surface area contributed by atoms with Gasteiger partial charge in [-0.1, -0.05) is 30.3 Å². The van der Waals surface area contributed by atoms with Crippen LogP contribution in [0.1, 0.15) is 12.5 Å². The molecule has 8 heteroatoms. The molecule has 24 heavy (non-hydrogen) atoms. The summed E-state index contributed by atoms with van der Waals surface area (Å²) >= 11 is 0. The number of fused-ring (bicyclic) bond motifs is 1. The molecule has 2 aromatic heterocycles. The standard InChI is InChI=1S/C16H17N5O3/c1-2-23-12(22)8-21-10-18-14-13(21)15(20-16(17)19-14)24-9-11-6-4-3-5-7-11/h3-7,10H,2,8-9H2,1H3,(H2,17,19,20). The lowest BCUT2D eigenvalue weighted by molar-refractivity contribution is -0.143. The van der Waals surface area contributed by atoms with Gasteiger partial charge in [0.1, 0.15) is 13.2 Å². The number of ether oxygens (including phenoxy) is 2. The van der Waals surface area contributed by atoms with E-state index in [-0.39, 0.29) is 24.3 Å². The molecule has 0 bridgehead atoms. The lowest BCUT2D eigenvalue weighted by atomic mass is 10.2. The highest BCUT2D eigenvalue weighted by molar-refractivity contribution is 5.80. The number of carbonyl (C=O) groups excluding carboxylic acids is 1. The van der Waals surface area contributed by atoms with Crippen LogP contribution >= 0.6 is 0 Å². The van der Waals surface area contributed by atoms with Crippen molar-refractivity contribution in [2.75, 3.05) is 12.3 Å². The van der Waals surface area contributed by atoms with Gasteiger partial charge in [0.25, 0.3) is 0 Å². The number of nitrogens with zero attached hydrogens (tertiary/aromatic N) is 4. The number of hydrogen-bond acceptors (Lipinski definition) is 7. The van der Waals surface area contributed by atoms with Crippen LogP contribution in [0.4, 0.5) is 5.95 Å². The maximum absolute atomic E-state index is 11.7. The zero-order valence-corrected chi connectivity index (χ0v) is 13.2. The summed E-state index contributed by atoms with van der Waals surface area (Å²) in [4.78, 5) is 24.1. The summed E-state index contributed by atoms with van der Waals surface area (Å²) < 4.78 is 12.3. The average Bonchev–Trinajstić information content (AvgIpc) is 2.96. The van der Waals surface area contributed by atoms with Crippen molar-refractivity contribution in [1.29, 1.82) is 0 Å². The Hall–Kier alpha value is -3.16. The fourth-order valence-corrected chi connectivity index (χ4v) is 2.25. The summed E-state index contributed by atoms with van der Waals surface area (Å²) in [5.41, 5.74) is 7.57. The molecular formula is C16H17N5O3. The molecule has 8 nitrogen and oxygen atoms in total. The molecule has 0 radical (unpaired) electrons. The van der Waals surface area contributed by atoms with Gasteiger partial charge in [-0.25, -0.2) is 4.98 Å². The first-order chi connectivity index (χ1) is 11.7. The van der Waals surface area contributed by atoms with E-state index in [0.29, 0.717) is 24.4 Å². The molecule has 3 aromatic rings. The average molecular weight is 327 g/mol. The number of nitrogens with two attached hydrogens (primary N) is 1. The molecule has 0 unspecified atom stereocenters. The first-order valence-corrected chi connectivity index (χ1v) is 7.48. The first-order valence-electron chi connectivity index (χ1n) is 7.48. The molecule has 2 N–H and O–H groups in total. The van der Waals surface area contributed by atoms with Gasteiger partial charge in [-0.2, -0.15) is 9.97 Å². The molecular weight excluding hydrogens is 310 g/mol. The van der Waals surface area contributed by atoms with Crippen molar-refractivity contribution >= 4 is 23.1 Å². The van der Waals surface area contributed by atoms with Crippen molar-refractivity contribution in [2.24, 2.45) is 0 Å². The largest absolute Gasteiger partial charge is 0.471 e. The zero-order valence-electron chi connectivity index (χ0n) is 13.2. The Morgan fingerprint density at radius 3 is 2.79 bits per heavy atom. The lowest BCUT2D eigenvalue weighted by Gasteiger charge is -2.09. The minimum atomic E-state index is -0.373. The second kappa shape index (κ2) is 6.95. The third-order valence-electron chi connectivity index (χ3n) is 3.28. The van der Waals surface area contributed by atoms with Crippen LogP contribution < -0.4 is 10.5 Å². The minimum Gasteiger partial charge on any atom is -0.471 e. The highest BCUT2D eigenvalue weighted by Crippen LogP contribution is 2.23. The number of nitrogen functional groups attached to an aromatic ring is 1. The summed E-state index contributed by atoms with van der Waals surface area (Å²) in [6.07, 6.45) is 1.49. The second-order valence-electron chi connectivity index (χ2n) is 5.01. The van der Waals surface area contributed by atoms with Gasteiger partial charge in [-0.3, -0.25) is 4.79 Å². The van der Waals surface area contributed by atoms with E-state index in [0.717, 1.165) is 5.56 Å². The minimum absolute atomic E-state index is 0.000679. The molecule has 0 aliphatic rings. The third-order valence-corrected chi connectivity index (χ3v) is 3.28. The van der Waals surface area contributed by atoms with E-state index in [4.69, 9.17) is 15.2 Å². The quantitative estimate of drug-likeness (QED) is 0.685. The molecule has 2 heterocycles. The fraction of sp³-hybridized carbons (Fsp3) is 0.250. The molecule has 0 saturated heterocycles. The SMILES string of the molecule is CCOC(=O)Cn1cnc2nc(N)nc(OCc3ccccc3)c21. The van der Waals surface area contributed by atoms with Crippen LogP contribution in [-0.2, 0) is 22.7 Å². The maximum Gasteiger partial charge on any atom is 0.326 e. The predicted octanol–water partition coefficient (Wildman–Crippen LogP) is 1.55. The lowest BCUT2D eigenvalue weighted by Crippen LogP contribution is -2.13. The van der Waals surface area contributed by atoms with Crippen LogP contribution in [-0.4, -0.2) is 32.1 Å². The van der Waals surface area contributed by atoms with Crippen LogP contribution in [0.25, 0.3) is 11.2 Å². The maximum atomic E-state index is 11.7. The number of benzene rings is 1. The molecule has 0 spiro atoms. The summed E-state index contributed by atoms with van der Waals surface area (Å²) in [6, 6.07) is 9.66. The predicted molar refractivity (Wildman–Crippen MR) is 87.1 cm³/mol. The van der Waals surface area contributed by atoms with Crippen LogP contribution in [0, 0.1) is 0 Å². The van der Waals surface area contributed by atoms with Crippen molar-refractivity contribution in [1.82, 2.24) is 19.5 Å². The van der Waals surface area contributed by atoms with E-state index in [2.05, 4.69) is 15.0 Å². The monoisotopic (exact) mass is 327 g/mol. The van der Waals surface area contributed by atoms with E-state index >= 15 is 0 Å². The number of esters is 1. The summed E-state index contributed by atoms with van der Waals surface area (Å²) in [5.74, 6) is -0.0299. The molecule has 3 rings (SSSR count). The van der Waals surface area contributed by atoms with Gasteiger partial charge < -0.3 is 19.8 Å². The van der Waals surface area contributed by atoms with Crippen molar-refractivity contribution in [2.45, 2.75) is 20.1 Å². The van der Waals surface area contributed by atoms with E-state index < -0.39 is 0 Å². The summed E-state index contributed by atoms with van der Waals surface area (Å²) in [6.45, 7) is 2.38. The second-order valence-corrected chi connectivity index (χ2v) is 5.01. The Balaban J connectivity index is 1.90. The Labute approximate surface area is 138 Å². The molecule has 0 aliphatic heterocycles. The van der Waals surface area contributed by atoms with E-state index in [1.807, 2.05) is 30.3 Å². The molecule has 0 fully saturated rings. The normalized spacial score (nSPS) is 10.7. The Kier molecular flexibility index (Phi) is 4.55. The third kappa shape index (κ3) is 3.43. The zero-order chi connectivity index (χ0) is 16.9. The van der Waals surface area contributed by atoms with Gasteiger partial charge in [-0.15, -0.1) is 0 Å². The van der Waals surface area contributed by atoms with Gasteiger partial charge in [0.05, 0.1) is 12.9 Å². The number of carbonyl (C=O) groups is 1. The van der Waals surface area contributed by atoms with E-state index in [9.17, 15) is 4.79 Å². The Morgan fingerprint density at radius 1 is 1.25 bits per heavy atom. The van der Waals surface area contributed by atoms with Crippen LogP contribution in [0.5, 0.6) is 5.88 Å².